The topological polar surface area (TPSA) is 130 Å². The van der Waals surface area contributed by atoms with Crippen molar-refractivity contribution in [1.29, 1.82) is 0 Å². The van der Waals surface area contributed by atoms with Crippen LogP contribution in [0.25, 0.3) is 17.3 Å². The monoisotopic (exact) mass is 521 g/mol. The third-order valence-electron chi connectivity index (χ3n) is 5.10. The highest BCUT2D eigenvalue weighted by Gasteiger charge is 2.22. The molecule has 0 fully saturated rings. The van der Waals surface area contributed by atoms with Crippen LogP contribution in [0.2, 0.25) is 0 Å². The second-order valence-electron chi connectivity index (χ2n) is 8.76. The van der Waals surface area contributed by atoms with E-state index in [1.165, 1.54) is 44.3 Å². The summed E-state index contributed by atoms with van der Waals surface area (Å²) in [4.78, 5) is 20.6. The molecule has 2 aromatic rings. The molecule has 2 N–H and O–H groups in total. The van der Waals surface area contributed by atoms with E-state index in [9.17, 15) is 27.8 Å². The average Bonchev–Trinajstić information content (AvgIpc) is 2.75. The van der Waals surface area contributed by atoms with Crippen molar-refractivity contribution in [1.82, 2.24) is 9.97 Å². The molecule has 0 aliphatic rings. The zero-order chi connectivity index (χ0) is 27.2. The lowest BCUT2D eigenvalue weighted by Gasteiger charge is -2.20. The van der Waals surface area contributed by atoms with Crippen molar-refractivity contribution in [3.63, 3.8) is 0 Å². The Kier molecular flexibility index (Phi) is 9.85. The minimum Gasteiger partial charge on any atom is -0.432 e. The Labute approximate surface area is 211 Å². The number of anilines is 1. The van der Waals surface area contributed by atoms with E-state index in [1.807, 2.05) is 13.8 Å². The smallest absolute Gasteiger partial charge is 0.313 e. The predicted octanol–water partition coefficient (Wildman–Crippen LogP) is 3.39. The number of aromatic nitrogens is 2. The number of aliphatic hydroxyl groups is 2. The molecule has 2 atom stereocenters. The maximum Gasteiger partial charge on any atom is 0.313 e. The van der Waals surface area contributed by atoms with Gasteiger partial charge in [0.25, 0.3) is 0 Å². The Balaban J connectivity index is 2.49. The van der Waals surface area contributed by atoms with Gasteiger partial charge in [-0.2, -0.15) is 0 Å². The first-order valence-corrected chi connectivity index (χ1v) is 13.1. The van der Waals surface area contributed by atoms with Gasteiger partial charge in [0.05, 0.1) is 42.0 Å². The van der Waals surface area contributed by atoms with E-state index in [0.29, 0.717) is 22.5 Å². The first-order valence-electron chi connectivity index (χ1n) is 11.2. The summed E-state index contributed by atoms with van der Waals surface area (Å²) in [6, 6.07) is 5.54. The Morgan fingerprint density at radius 2 is 1.83 bits per heavy atom. The summed E-state index contributed by atoms with van der Waals surface area (Å²) >= 11 is 0. The molecular formula is C25H32FN3O6S. The first-order chi connectivity index (χ1) is 16.7. The Morgan fingerprint density at radius 3 is 2.36 bits per heavy atom. The molecular weight excluding hydrogens is 489 g/mol. The van der Waals surface area contributed by atoms with Gasteiger partial charge in [-0.1, -0.05) is 32.6 Å². The van der Waals surface area contributed by atoms with E-state index < -0.39 is 34.0 Å². The van der Waals surface area contributed by atoms with Crippen LogP contribution in [0.4, 0.5) is 10.3 Å². The van der Waals surface area contributed by atoms with E-state index in [1.54, 1.807) is 6.08 Å². The van der Waals surface area contributed by atoms with Crippen LogP contribution in [0.5, 0.6) is 0 Å². The van der Waals surface area contributed by atoms with Crippen LogP contribution in [-0.2, 0) is 19.6 Å². The molecule has 9 nitrogen and oxygen atoms in total. The molecule has 0 bridgehead atoms. The van der Waals surface area contributed by atoms with Crippen molar-refractivity contribution in [2.24, 2.45) is 0 Å². The lowest BCUT2D eigenvalue weighted by Crippen LogP contribution is -2.27. The number of carbonyl (C=O) groups is 1. The molecule has 1 heterocycles. The van der Waals surface area contributed by atoms with E-state index >= 15 is 0 Å². The number of ether oxygens (including phenoxy) is 1. The van der Waals surface area contributed by atoms with E-state index in [-0.39, 0.29) is 30.5 Å². The number of halogens is 1. The fraction of sp³-hybridized carbons (Fsp3) is 0.400. The van der Waals surface area contributed by atoms with Gasteiger partial charge in [0.1, 0.15) is 5.82 Å². The summed E-state index contributed by atoms with van der Waals surface area (Å²) in [6.45, 7) is 8.70. The average molecular weight is 522 g/mol. The number of hydrogen-bond donors (Lipinski definition) is 2. The van der Waals surface area contributed by atoms with Crippen molar-refractivity contribution in [2.75, 3.05) is 17.6 Å². The standard InChI is InChI=1S/C25H32FN3O6S/c1-15(2)23-21(12-11-19(30)13-20(31)14-22(32)35-16(3)4)24(17-7-9-18(26)10-8-17)28-25(27-23)29(5)36(6,33)34/h7-12,15,19-20,30-31H,3,13-14H2,1-2,4-6H3/b12-11+/t19-,20-/m1/s1. The van der Waals surface area contributed by atoms with Crippen LogP contribution in [0.3, 0.4) is 0 Å². The van der Waals surface area contributed by atoms with Crippen molar-refractivity contribution in [2.45, 2.75) is 51.7 Å². The van der Waals surface area contributed by atoms with Gasteiger partial charge < -0.3 is 14.9 Å². The van der Waals surface area contributed by atoms with Gasteiger partial charge in [0.2, 0.25) is 16.0 Å². The molecule has 0 saturated carbocycles. The number of allylic oxidation sites excluding steroid dienone is 1. The van der Waals surface area contributed by atoms with Gasteiger partial charge in [-0.3, -0.25) is 4.79 Å². The molecule has 196 valence electrons. The van der Waals surface area contributed by atoms with Crippen molar-refractivity contribution in [3.05, 3.63) is 59.8 Å². The summed E-state index contributed by atoms with van der Waals surface area (Å²) in [6.07, 6.45) is 1.29. The van der Waals surface area contributed by atoms with Crippen LogP contribution < -0.4 is 4.31 Å². The fourth-order valence-corrected chi connectivity index (χ4v) is 3.65. The maximum atomic E-state index is 13.6. The molecule has 11 heteroatoms. The summed E-state index contributed by atoms with van der Waals surface area (Å²) < 4.78 is 43.6. The zero-order valence-corrected chi connectivity index (χ0v) is 21.8. The zero-order valence-electron chi connectivity index (χ0n) is 21.0. The van der Waals surface area contributed by atoms with Gasteiger partial charge in [-0.05, 0) is 37.1 Å². The minimum atomic E-state index is -3.65. The summed E-state index contributed by atoms with van der Waals surface area (Å²) in [5.41, 5.74) is 1.86. The van der Waals surface area contributed by atoms with Crippen molar-refractivity contribution in [3.8, 4) is 11.3 Å². The highest BCUT2D eigenvalue weighted by Crippen LogP contribution is 2.31. The number of sulfonamides is 1. The Bertz CT molecular complexity index is 1230. The number of aliphatic hydroxyl groups excluding tert-OH is 2. The van der Waals surface area contributed by atoms with Crippen LogP contribution >= 0.6 is 0 Å². The lowest BCUT2D eigenvalue weighted by atomic mass is 9.97. The summed E-state index contributed by atoms with van der Waals surface area (Å²) in [7, 11) is -2.32. The summed E-state index contributed by atoms with van der Waals surface area (Å²) in [5, 5.41) is 20.6. The molecule has 1 aromatic carbocycles. The van der Waals surface area contributed by atoms with Crippen LogP contribution in [0.1, 0.15) is 50.8 Å². The molecule has 0 unspecified atom stereocenters. The van der Waals surface area contributed by atoms with Gasteiger partial charge in [-0.15, -0.1) is 0 Å². The molecule has 0 amide bonds. The minimum absolute atomic E-state index is 0.0512. The molecule has 1 aromatic heterocycles. The highest BCUT2D eigenvalue weighted by atomic mass is 32.2. The van der Waals surface area contributed by atoms with E-state index in [4.69, 9.17) is 4.74 Å². The third-order valence-corrected chi connectivity index (χ3v) is 6.25. The third kappa shape index (κ3) is 8.21. The molecule has 36 heavy (non-hydrogen) atoms. The van der Waals surface area contributed by atoms with Crippen LogP contribution in [0.15, 0.2) is 42.7 Å². The molecule has 0 spiro atoms. The largest absolute Gasteiger partial charge is 0.432 e. The van der Waals surface area contributed by atoms with Crippen LogP contribution in [0, 0.1) is 5.82 Å². The van der Waals surface area contributed by atoms with E-state index in [2.05, 4.69) is 16.5 Å². The number of hydrogen-bond acceptors (Lipinski definition) is 8. The van der Waals surface area contributed by atoms with Gasteiger partial charge >= 0.3 is 5.97 Å². The normalized spacial score (nSPS) is 13.6. The second-order valence-corrected chi connectivity index (χ2v) is 10.8. The fourth-order valence-electron chi connectivity index (χ4n) is 3.27. The van der Waals surface area contributed by atoms with Crippen LogP contribution in [-0.4, -0.2) is 60.1 Å². The number of nitrogens with zero attached hydrogens (tertiary/aromatic N) is 3. The Morgan fingerprint density at radius 1 is 1.22 bits per heavy atom. The van der Waals surface area contributed by atoms with Gasteiger partial charge in [0.15, 0.2) is 0 Å². The Hall–Kier alpha value is -3.15. The number of carbonyl (C=O) groups excluding carboxylic acids is 1. The first kappa shape index (κ1) is 29.1. The molecule has 0 aliphatic heterocycles. The molecule has 2 rings (SSSR count). The van der Waals surface area contributed by atoms with Gasteiger partial charge in [0, 0.05) is 24.6 Å². The predicted molar refractivity (Wildman–Crippen MR) is 136 cm³/mol. The molecule has 0 radical (unpaired) electrons. The number of esters is 1. The maximum absolute atomic E-state index is 13.6. The molecule has 0 saturated heterocycles. The van der Waals surface area contributed by atoms with Crippen molar-refractivity contribution >= 4 is 28.0 Å². The summed E-state index contributed by atoms with van der Waals surface area (Å²) in [5.74, 6) is -1.13. The molecule has 0 aliphatic carbocycles. The SMILES string of the molecule is C=C(C)OC(=O)C[C@H](O)C[C@H](O)/C=C/c1c(-c2ccc(F)cc2)nc(N(C)S(C)(=O)=O)nc1C(C)C. The number of benzene rings is 1. The number of rotatable bonds is 11. The quantitative estimate of drug-likeness (QED) is 0.340. The second kappa shape index (κ2) is 12.2. The van der Waals surface area contributed by atoms with E-state index in [0.717, 1.165) is 10.6 Å². The van der Waals surface area contributed by atoms with Gasteiger partial charge in [-0.25, -0.2) is 27.1 Å². The highest BCUT2D eigenvalue weighted by molar-refractivity contribution is 7.92. The lowest BCUT2D eigenvalue weighted by molar-refractivity contribution is -0.141. The van der Waals surface area contributed by atoms with Crippen molar-refractivity contribution < 1.29 is 32.6 Å².